The summed E-state index contributed by atoms with van der Waals surface area (Å²) in [6, 6.07) is 7.72. The zero-order valence-corrected chi connectivity index (χ0v) is 10.8. The van der Waals surface area contributed by atoms with Crippen molar-refractivity contribution in [3.8, 4) is 5.75 Å². The van der Waals surface area contributed by atoms with Gasteiger partial charge in [0.15, 0.2) is 5.69 Å². The summed E-state index contributed by atoms with van der Waals surface area (Å²) in [5.41, 5.74) is 1.01. The number of aromatic carboxylic acids is 1. The average molecular weight is 277 g/mol. The summed E-state index contributed by atoms with van der Waals surface area (Å²) in [6.45, 7) is 1.79. The van der Waals surface area contributed by atoms with Gasteiger partial charge in [0.2, 0.25) is 0 Å². The first-order chi connectivity index (χ1) is 9.25. The van der Waals surface area contributed by atoms with Crippen LogP contribution < -0.4 is 9.64 Å². The monoisotopic (exact) mass is 277 g/mol. The Hall–Kier alpha value is -2.15. The number of hydrogen-bond donors (Lipinski definition) is 1. The third kappa shape index (κ3) is 2.24. The molecule has 0 spiro atoms. The molecule has 1 aromatic heterocycles. The van der Waals surface area contributed by atoms with Gasteiger partial charge in [-0.2, -0.15) is 0 Å². The second kappa shape index (κ2) is 4.85. The van der Waals surface area contributed by atoms with Crippen LogP contribution in [0.25, 0.3) is 0 Å². The molecule has 0 unspecified atom stereocenters. The Labute approximate surface area is 113 Å². The molecule has 0 bridgehead atoms. The van der Waals surface area contributed by atoms with Crippen LogP contribution in [-0.2, 0) is 6.54 Å². The van der Waals surface area contributed by atoms with E-state index >= 15 is 0 Å². The quantitative estimate of drug-likeness (QED) is 0.919. The number of carboxylic acids is 1. The number of rotatable bonds is 3. The fraction of sp³-hybridized carbons (Fsp3) is 0.250. The Bertz CT molecular complexity index is 614. The van der Waals surface area contributed by atoms with E-state index in [-0.39, 0.29) is 5.69 Å². The Kier molecular flexibility index (Phi) is 3.04. The molecule has 1 N–H and O–H groups in total. The molecule has 98 valence electrons. The molecule has 1 aromatic carbocycles. The lowest BCUT2D eigenvalue weighted by Crippen LogP contribution is -2.32. The summed E-state index contributed by atoms with van der Waals surface area (Å²) in [5.74, 6) is -0.214. The van der Waals surface area contributed by atoms with Crippen molar-refractivity contribution in [3.05, 3.63) is 34.8 Å². The van der Waals surface area contributed by atoms with E-state index in [9.17, 15) is 4.79 Å². The van der Waals surface area contributed by atoms with Crippen molar-refractivity contribution in [3.63, 3.8) is 0 Å². The van der Waals surface area contributed by atoms with E-state index < -0.39 is 5.97 Å². The summed E-state index contributed by atoms with van der Waals surface area (Å²) in [5, 5.41) is 12.7. The van der Waals surface area contributed by atoms with E-state index in [1.807, 2.05) is 24.3 Å². The Morgan fingerprint density at radius 2 is 2.32 bits per heavy atom. The predicted octanol–water partition coefficient (Wildman–Crippen LogP) is 1.64. The molecule has 0 aliphatic carbocycles. The highest BCUT2D eigenvalue weighted by Gasteiger charge is 2.22. The zero-order chi connectivity index (χ0) is 13.2. The minimum atomic E-state index is -1.04. The first kappa shape index (κ1) is 11.9. The smallest absolute Gasteiger partial charge is 0.357 e. The van der Waals surface area contributed by atoms with Crippen molar-refractivity contribution < 1.29 is 14.6 Å². The highest BCUT2D eigenvalue weighted by molar-refractivity contribution is 7.05. The van der Waals surface area contributed by atoms with Gasteiger partial charge in [-0.3, -0.25) is 0 Å². The first-order valence-electron chi connectivity index (χ1n) is 5.77. The lowest BCUT2D eigenvalue weighted by atomic mass is 10.2. The van der Waals surface area contributed by atoms with E-state index in [4.69, 9.17) is 9.84 Å². The molecule has 2 aromatic rings. The molecule has 0 radical (unpaired) electrons. The number of nitrogens with zero attached hydrogens (tertiary/aromatic N) is 3. The summed E-state index contributed by atoms with van der Waals surface area (Å²) in [7, 11) is 0. The molecule has 19 heavy (non-hydrogen) atoms. The second-order valence-electron chi connectivity index (χ2n) is 4.09. The van der Waals surface area contributed by atoms with Gasteiger partial charge in [0, 0.05) is 0 Å². The maximum absolute atomic E-state index is 11.0. The van der Waals surface area contributed by atoms with Crippen molar-refractivity contribution in [1.82, 2.24) is 9.59 Å². The standard InChI is InChI=1S/C12H11N3O3S/c16-12(17)11-10(19-14-13-11)7-15-5-6-18-9-4-2-1-3-8(9)15/h1-4H,5-7H2,(H,16,17). The number of ether oxygens (including phenoxy) is 1. The lowest BCUT2D eigenvalue weighted by molar-refractivity contribution is 0.0689. The number of carbonyl (C=O) groups is 1. The highest BCUT2D eigenvalue weighted by Crippen LogP contribution is 2.32. The van der Waals surface area contributed by atoms with Gasteiger partial charge in [-0.15, -0.1) is 5.10 Å². The summed E-state index contributed by atoms with van der Waals surface area (Å²) >= 11 is 1.12. The molecule has 0 atom stereocenters. The second-order valence-corrected chi connectivity index (χ2v) is 4.93. The summed E-state index contributed by atoms with van der Waals surface area (Å²) in [6.07, 6.45) is 0. The summed E-state index contributed by atoms with van der Waals surface area (Å²) < 4.78 is 9.28. The summed E-state index contributed by atoms with van der Waals surface area (Å²) in [4.78, 5) is 13.8. The number of aromatic nitrogens is 2. The number of hydrogen-bond acceptors (Lipinski definition) is 6. The van der Waals surface area contributed by atoms with Crippen molar-refractivity contribution >= 4 is 23.2 Å². The largest absolute Gasteiger partial charge is 0.490 e. The van der Waals surface area contributed by atoms with Crippen LogP contribution in [-0.4, -0.2) is 33.8 Å². The number of benzene rings is 1. The van der Waals surface area contributed by atoms with E-state index in [1.165, 1.54) is 0 Å². The highest BCUT2D eigenvalue weighted by atomic mass is 32.1. The van der Waals surface area contributed by atoms with Crippen LogP contribution in [0, 0.1) is 0 Å². The number of carboxylic acid groups (broad SMARTS) is 1. The fourth-order valence-corrected chi connectivity index (χ4v) is 2.69. The van der Waals surface area contributed by atoms with Crippen molar-refractivity contribution in [2.45, 2.75) is 6.54 Å². The normalized spacial score (nSPS) is 13.8. The van der Waals surface area contributed by atoms with Crippen LogP contribution in [0.1, 0.15) is 15.4 Å². The SMILES string of the molecule is O=C(O)c1nnsc1CN1CCOc2ccccc21. The van der Waals surface area contributed by atoms with Crippen molar-refractivity contribution in [1.29, 1.82) is 0 Å². The molecule has 7 heteroatoms. The topological polar surface area (TPSA) is 75.5 Å². The van der Waals surface area contributed by atoms with Crippen LogP contribution in [0.4, 0.5) is 5.69 Å². The fourth-order valence-electron chi connectivity index (χ4n) is 2.04. The maximum atomic E-state index is 11.0. The molecule has 0 amide bonds. The van der Waals surface area contributed by atoms with Crippen molar-refractivity contribution in [2.24, 2.45) is 0 Å². The molecule has 1 aliphatic rings. The number of anilines is 1. The third-order valence-corrected chi connectivity index (χ3v) is 3.62. The molecule has 1 aliphatic heterocycles. The van der Waals surface area contributed by atoms with Gasteiger partial charge in [-0.25, -0.2) is 4.79 Å². The van der Waals surface area contributed by atoms with E-state index in [1.54, 1.807) is 0 Å². The van der Waals surface area contributed by atoms with Gasteiger partial charge in [0.05, 0.1) is 23.7 Å². The van der Waals surface area contributed by atoms with Gasteiger partial charge in [-0.1, -0.05) is 16.6 Å². The molecule has 3 rings (SSSR count). The molecule has 0 saturated heterocycles. The predicted molar refractivity (Wildman–Crippen MR) is 69.9 cm³/mol. The Balaban J connectivity index is 1.89. The van der Waals surface area contributed by atoms with Gasteiger partial charge in [-0.05, 0) is 23.7 Å². The van der Waals surface area contributed by atoms with Crippen LogP contribution in [0.3, 0.4) is 0 Å². The zero-order valence-electron chi connectivity index (χ0n) is 9.94. The third-order valence-electron chi connectivity index (χ3n) is 2.92. The Morgan fingerprint density at radius 3 is 3.16 bits per heavy atom. The Morgan fingerprint density at radius 1 is 1.47 bits per heavy atom. The molecule has 2 heterocycles. The van der Waals surface area contributed by atoms with Crippen LogP contribution in [0.2, 0.25) is 0 Å². The minimum absolute atomic E-state index is 0.0361. The molecule has 6 nitrogen and oxygen atoms in total. The molecule has 0 fully saturated rings. The molecule has 0 saturated carbocycles. The van der Waals surface area contributed by atoms with E-state index in [0.717, 1.165) is 23.0 Å². The molecular formula is C12H11N3O3S. The average Bonchev–Trinajstić information content (AvgIpc) is 2.87. The van der Waals surface area contributed by atoms with Gasteiger partial charge in [0.1, 0.15) is 12.4 Å². The molecular weight excluding hydrogens is 266 g/mol. The van der Waals surface area contributed by atoms with E-state index in [0.29, 0.717) is 24.6 Å². The minimum Gasteiger partial charge on any atom is -0.490 e. The van der Waals surface area contributed by atoms with E-state index in [2.05, 4.69) is 14.5 Å². The van der Waals surface area contributed by atoms with Gasteiger partial charge >= 0.3 is 5.97 Å². The van der Waals surface area contributed by atoms with Gasteiger partial charge in [0.25, 0.3) is 0 Å². The van der Waals surface area contributed by atoms with Crippen molar-refractivity contribution in [2.75, 3.05) is 18.1 Å². The van der Waals surface area contributed by atoms with Crippen LogP contribution in [0.15, 0.2) is 24.3 Å². The maximum Gasteiger partial charge on any atom is 0.357 e. The lowest BCUT2D eigenvalue weighted by Gasteiger charge is -2.30. The van der Waals surface area contributed by atoms with Crippen LogP contribution >= 0.6 is 11.5 Å². The van der Waals surface area contributed by atoms with Crippen LogP contribution in [0.5, 0.6) is 5.75 Å². The van der Waals surface area contributed by atoms with Gasteiger partial charge < -0.3 is 14.7 Å². The first-order valence-corrected chi connectivity index (χ1v) is 6.54. The number of fused-ring (bicyclic) bond motifs is 1. The number of para-hydroxylation sites is 2.